The highest BCUT2D eigenvalue weighted by molar-refractivity contribution is 8.00. The van der Waals surface area contributed by atoms with Gasteiger partial charge in [0.15, 0.2) is 0 Å². The molecule has 3 rings (SSSR count). The predicted octanol–water partition coefficient (Wildman–Crippen LogP) is 4.00. The zero-order valence-corrected chi connectivity index (χ0v) is 16.5. The van der Waals surface area contributed by atoms with Crippen LogP contribution in [0, 0.1) is 17.0 Å². The monoisotopic (exact) mass is 405 g/mol. The summed E-state index contributed by atoms with van der Waals surface area (Å²) in [5.41, 5.74) is 1.74. The quantitative estimate of drug-likeness (QED) is 0.427. The van der Waals surface area contributed by atoms with Crippen molar-refractivity contribution in [2.45, 2.75) is 11.8 Å². The van der Waals surface area contributed by atoms with E-state index in [1.165, 1.54) is 23.4 Å². The van der Waals surface area contributed by atoms with E-state index in [9.17, 15) is 14.9 Å². The maximum absolute atomic E-state index is 12.5. The number of rotatable bonds is 5. The van der Waals surface area contributed by atoms with E-state index < -0.39 is 4.92 Å². The summed E-state index contributed by atoms with van der Waals surface area (Å²) in [5.74, 6) is 0.482. The van der Waals surface area contributed by atoms with Crippen molar-refractivity contribution < 1.29 is 9.72 Å². The zero-order chi connectivity index (χ0) is 19.4. The van der Waals surface area contributed by atoms with Gasteiger partial charge in [0.2, 0.25) is 5.91 Å². The first-order valence-corrected chi connectivity index (χ1v) is 9.96. The Kier molecular flexibility index (Phi) is 6.23. The highest BCUT2D eigenvalue weighted by atomic mass is 35.5. The lowest BCUT2D eigenvalue weighted by atomic mass is 10.2. The van der Waals surface area contributed by atoms with Crippen LogP contribution in [0.5, 0.6) is 0 Å². The smallest absolute Gasteiger partial charge is 0.294 e. The Morgan fingerprint density at radius 1 is 1.15 bits per heavy atom. The fourth-order valence-electron chi connectivity index (χ4n) is 2.98. The topological polar surface area (TPSA) is 66.7 Å². The van der Waals surface area contributed by atoms with Crippen molar-refractivity contribution in [2.24, 2.45) is 0 Å². The Morgan fingerprint density at radius 2 is 1.81 bits per heavy atom. The number of nitrogens with zero attached hydrogens (tertiary/aromatic N) is 3. The van der Waals surface area contributed by atoms with E-state index in [0.717, 1.165) is 4.90 Å². The molecule has 1 amide bonds. The number of hydrogen-bond acceptors (Lipinski definition) is 5. The molecule has 1 aliphatic heterocycles. The average molecular weight is 406 g/mol. The molecule has 1 saturated heterocycles. The molecule has 0 N–H and O–H groups in total. The first-order valence-electron chi connectivity index (χ1n) is 8.60. The van der Waals surface area contributed by atoms with Crippen LogP contribution in [0.2, 0.25) is 5.02 Å². The number of aryl methyl sites for hydroxylation is 1. The second-order valence-electron chi connectivity index (χ2n) is 6.36. The SMILES string of the molecule is Cc1ccc(SCC(=O)N2CCN(c3ccc(Cl)cc3[N+](=O)[O-])CC2)cc1. The van der Waals surface area contributed by atoms with Crippen LogP contribution in [0.4, 0.5) is 11.4 Å². The number of halogens is 1. The van der Waals surface area contributed by atoms with Crippen molar-refractivity contribution in [3.05, 3.63) is 63.2 Å². The van der Waals surface area contributed by atoms with Crippen LogP contribution >= 0.6 is 23.4 Å². The maximum Gasteiger partial charge on any atom is 0.294 e. The summed E-state index contributed by atoms with van der Waals surface area (Å²) < 4.78 is 0. The van der Waals surface area contributed by atoms with Crippen LogP contribution in [0.25, 0.3) is 0 Å². The summed E-state index contributed by atoms with van der Waals surface area (Å²) in [7, 11) is 0. The van der Waals surface area contributed by atoms with Gasteiger partial charge in [-0.1, -0.05) is 29.3 Å². The van der Waals surface area contributed by atoms with Crippen LogP contribution in [0.15, 0.2) is 47.4 Å². The molecule has 0 aliphatic carbocycles. The first-order chi connectivity index (χ1) is 12.9. The normalized spacial score (nSPS) is 14.3. The lowest BCUT2D eigenvalue weighted by Crippen LogP contribution is -2.49. The first kappa shape index (κ1) is 19.5. The van der Waals surface area contributed by atoms with Crippen LogP contribution in [0.3, 0.4) is 0 Å². The van der Waals surface area contributed by atoms with Gasteiger partial charge >= 0.3 is 0 Å². The Labute approximate surface area is 167 Å². The molecule has 1 heterocycles. The number of benzene rings is 2. The summed E-state index contributed by atoms with van der Waals surface area (Å²) in [6.07, 6.45) is 0. The summed E-state index contributed by atoms with van der Waals surface area (Å²) in [6, 6.07) is 12.8. The van der Waals surface area contributed by atoms with E-state index in [-0.39, 0.29) is 11.6 Å². The minimum absolute atomic E-state index is 0.00259. The highest BCUT2D eigenvalue weighted by Gasteiger charge is 2.25. The number of carbonyl (C=O) groups is 1. The van der Waals surface area contributed by atoms with Crippen molar-refractivity contribution in [3.8, 4) is 0 Å². The van der Waals surface area contributed by atoms with Gasteiger partial charge in [-0.15, -0.1) is 11.8 Å². The van der Waals surface area contributed by atoms with Gasteiger partial charge in [0.1, 0.15) is 5.69 Å². The van der Waals surface area contributed by atoms with Crippen LogP contribution in [0.1, 0.15) is 5.56 Å². The van der Waals surface area contributed by atoms with Gasteiger partial charge in [-0.3, -0.25) is 14.9 Å². The highest BCUT2D eigenvalue weighted by Crippen LogP contribution is 2.31. The molecule has 0 unspecified atom stereocenters. The van der Waals surface area contributed by atoms with Crippen molar-refractivity contribution in [1.82, 2.24) is 4.90 Å². The number of nitro benzene ring substituents is 1. The molecule has 8 heteroatoms. The number of piperazine rings is 1. The van der Waals surface area contributed by atoms with Gasteiger partial charge in [0, 0.05) is 42.2 Å². The Balaban J connectivity index is 1.56. The van der Waals surface area contributed by atoms with Crippen molar-refractivity contribution >= 4 is 40.6 Å². The second-order valence-corrected chi connectivity index (χ2v) is 7.84. The molecule has 0 atom stereocenters. The van der Waals surface area contributed by atoms with Crippen LogP contribution in [-0.4, -0.2) is 47.7 Å². The minimum Gasteiger partial charge on any atom is -0.362 e. The Morgan fingerprint density at radius 3 is 2.44 bits per heavy atom. The summed E-state index contributed by atoms with van der Waals surface area (Å²) >= 11 is 7.41. The van der Waals surface area contributed by atoms with Gasteiger partial charge < -0.3 is 9.80 Å². The van der Waals surface area contributed by atoms with Crippen LogP contribution in [-0.2, 0) is 4.79 Å². The number of hydrogen-bond donors (Lipinski definition) is 0. The van der Waals surface area contributed by atoms with E-state index in [1.807, 2.05) is 41.0 Å². The number of thioether (sulfide) groups is 1. The molecule has 0 saturated carbocycles. The fourth-order valence-corrected chi connectivity index (χ4v) is 3.95. The lowest BCUT2D eigenvalue weighted by molar-refractivity contribution is -0.384. The predicted molar refractivity (Wildman–Crippen MR) is 109 cm³/mol. The van der Waals surface area contributed by atoms with Gasteiger partial charge in [-0.2, -0.15) is 0 Å². The molecular formula is C19H20ClN3O3S. The van der Waals surface area contributed by atoms with E-state index in [4.69, 9.17) is 11.6 Å². The maximum atomic E-state index is 12.5. The molecule has 142 valence electrons. The third-order valence-electron chi connectivity index (χ3n) is 4.49. The molecule has 1 fully saturated rings. The molecule has 0 bridgehead atoms. The third kappa shape index (κ3) is 4.93. The summed E-state index contributed by atoms with van der Waals surface area (Å²) in [4.78, 5) is 28.2. The molecule has 1 aliphatic rings. The van der Waals surface area contributed by atoms with E-state index >= 15 is 0 Å². The summed E-state index contributed by atoms with van der Waals surface area (Å²) in [6.45, 7) is 4.25. The Bertz CT molecular complexity index is 837. The van der Waals surface area contributed by atoms with Gasteiger partial charge in [0.05, 0.1) is 10.7 Å². The number of anilines is 1. The molecular weight excluding hydrogens is 386 g/mol. The number of amides is 1. The molecule has 2 aromatic rings. The number of nitro groups is 1. The standard InChI is InChI=1S/C19H20ClN3O3S/c1-14-2-5-16(6-3-14)27-13-19(24)22-10-8-21(9-11-22)17-7-4-15(20)12-18(17)23(25)26/h2-7,12H,8-11,13H2,1H3. The average Bonchev–Trinajstić information content (AvgIpc) is 2.67. The summed E-state index contributed by atoms with van der Waals surface area (Å²) in [5, 5.41) is 11.6. The molecule has 27 heavy (non-hydrogen) atoms. The fraction of sp³-hybridized carbons (Fsp3) is 0.316. The van der Waals surface area contributed by atoms with E-state index in [2.05, 4.69) is 0 Å². The molecule has 0 aromatic heterocycles. The molecule has 0 spiro atoms. The van der Waals surface area contributed by atoms with E-state index in [1.54, 1.807) is 12.1 Å². The zero-order valence-electron chi connectivity index (χ0n) is 14.9. The van der Waals surface area contributed by atoms with Gasteiger partial charge in [-0.25, -0.2) is 0 Å². The molecule has 6 nitrogen and oxygen atoms in total. The third-order valence-corrected chi connectivity index (χ3v) is 5.72. The Hall–Kier alpha value is -2.25. The van der Waals surface area contributed by atoms with Crippen molar-refractivity contribution in [1.29, 1.82) is 0 Å². The number of carbonyl (C=O) groups excluding carboxylic acids is 1. The molecule has 0 radical (unpaired) electrons. The van der Waals surface area contributed by atoms with Crippen molar-refractivity contribution in [2.75, 3.05) is 36.8 Å². The lowest BCUT2D eigenvalue weighted by Gasteiger charge is -2.35. The van der Waals surface area contributed by atoms with Gasteiger partial charge in [-0.05, 0) is 31.2 Å². The van der Waals surface area contributed by atoms with E-state index in [0.29, 0.717) is 42.6 Å². The molecule has 2 aromatic carbocycles. The minimum atomic E-state index is -0.420. The van der Waals surface area contributed by atoms with Gasteiger partial charge in [0.25, 0.3) is 5.69 Å². The largest absolute Gasteiger partial charge is 0.362 e. The second kappa shape index (κ2) is 8.63. The van der Waals surface area contributed by atoms with Crippen molar-refractivity contribution in [3.63, 3.8) is 0 Å². The van der Waals surface area contributed by atoms with Crippen LogP contribution < -0.4 is 4.90 Å².